The molecule has 2 rings (SSSR count). The zero-order valence-electron chi connectivity index (χ0n) is 11.5. The summed E-state index contributed by atoms with van der Waals surface area (Å²) in [5, 5.41) is 6.64. The standard InChI is InChI=1S/C12H19N3.C2H6/c1-10-3-4-12(11(9-10)13-2)15-7-5-14-6-8-15;1-2/h3-4,9,13-14H,5-8H2,1-2H3;1-2H3. The number of rotatable bonds is 2. The molecule has 2 N–H and O–H groups in total. The van der Waals surface area contributed by atoms with Crippen LogP contribution in [0.3, 0.4) is 0 Å². The van der Waals surface area contributed by atoms with Crippen molar-refractivity contribution in [3.05, 3.63) is 23.8 Å². The average molecular weight is 235 g/mol. The normalized spacial score (nSPS) is 14.9. The summed E-state index contributed by atoms with van der Waals surface area (Å²) in [4.78, 5) is 2.43. The molecule has 0 amide bonds. The maximum atomic E-state index is 3.37. The third-order valence-corrected chi connectivity index (χ3v) is 2.88. The van der Waals surface area contributed by atoms with Crippen LogP contribution in [0, 0.1) is 6.92 Å². The molecule has 1 fully saturated rings. The lowest BCUT2D eigenvalue weighted by Crippen LogP contribution is -2.43. The molecule has 0 radical (unpaired) electrons. The van der Waals surface area contributed by atoms with E-state index >= 15 is 0 Å². The van der Waals surface area contributed by atoms with E-state index in [2.05, 4.69) is 40.7 Å². The van der Waals surface area contributed by atoms with Gasteiger partial charge in [0.05, 0.1) is 11.4 Å². The first-order valence-electron chi connectivity index (χ1n) is 6.55. The van der Waals surface area contributed by atoms with Gasteiger partial charge in [0, 0.05) is 33.2 Å². The Hall–Kier alpha value is -1.22. The molecule has 3 nitrogen and oxygen atoms in total. The van der Waals surface area contributed by atoms with Gasteiger partial charge in [-0.1, -0.05) is 19.9 Å². The monoisotopic (exact) mass is 235 g/mol. The van der Waals surface area contributed by atoms with Crippen LogP contribution in [0.5, 0.6) is 0 Å². The lowest BCUT2D eigenvalue weighted by atomic mass is 10.1. The minimum Gasteiger partial charge on any atom is -0.386 e. The number of benzene rings is 1. The number of hydrogen-bond donors (Lipinski definition) is 2. The number of aryl methyl sites for hydroxylation is 1. The maximum Gasteiger partial charge on any atom is 0.0603 e. The van der Waals surface area contributed by atoms with Gasteiger partial charge in [-0.15, -0.1) is 0 Å². The third kappa shape index (κ3) is 3.63. The lowest BCUT2D eigenvalue weighted by Gasteiger charge is -2.31. The smallest absolute Gasteiger partial charge is 0.0603 e. The Bertz CT molecular complexity index is 330. The van der Waals surface area contributed by atoms with Crippen LogP contribution in [0.1, 0.15) is 19.4 Å². The van der Waals surface area contributed by atoms with E-state index in [4.69, 9.17) is 0 Å². The van der Waals surface area contributed by atoms with Gasteiger partial charge in [0.1, 0.15) is 0 Å². The molecule has 0 unspecified atom stereocenters. The molecule has 0 bridgehead atoms. The second-order valence-corrected chi connectivity index (χ2v) is 4.01. The first kappa shape index (κ1) is 13.8. The highest BCUT2D eigenvalue weighted by atomic mass is 15.2. The second kappa shape index (κ2) is 7.17. The van der Waals surface area contributed by atoms with Gasteiger partial charge < -0.3 is 15.5 Å². The molecule has 0 atom stereocenters. The van der Waals surface area contributed by atoms with Crippen LogP contribution in [-0.2, 0) is 0 Å². The van der Waals surface area contributed by atoms with Gasteiger partial charge in [0.15, 0.2) is 0 Å². The summed E-state index contributed by atoms with van der Waals surface area (Å²) < 4.78 is 0. The van der Waals surface area contributed by atoms with Crippen molar-refractivity contribution in [2.75, 3.05) is 43.4 Å². The Labute approximate surface area is 105 Å². The highest BCUT2D eigenvalue weighted by Crippen LogP contribution is 2.26. The Kier molecular flexibility index (Phi) is 5.84. The van der Waals surface area contributed by atoms with Gasteiger partial charge in [-0.2, -0.15) is 0 Å². The van der Waals surface area contributed by atoms with Crippen LogP contribution in [0.4, 0.5) is 11.4 Å². The van der Waals surface area contributed by atoms with Crippen LogP contribution in [0.2, 0.25) is 0 Å². The van der Waals surface area contributed by atoms with Crippen molar-refractivity contribution in [3.63, 3.8) is 0 Å². The van der Waals surface area contributed by atoms with Crippen LogP contribution in [-0.4, -0.2) is 33.2 Å². The van der Waals surface area contributed by atoms with Crippen molar-refractivity contribution in [3.8, 4) is 0 Å². The topological polar surface area (TPSA) is 27.3 Å². The molecule has 0 spiro atoms. The largest absolute Gasteiger partial charge is 0.386 e. The van der Waals surface area contributed by atoms with Gasteiger partial charge in [-0.3, -0.25) is 0 Å². The number of piperazine rings is 1. The van der Waals surface area contributed by atoms with Crippen molar-refractivity contribution < 1.29 is 0 Å². The Morgan fingerprint density at radius 1 is 1.18 bits per heavy atom. The molecule has 0 aromatic heterocycles. The minimum absolute atomic E-state index is 1.08. The predicted octanol–water partition coefficient (Wildman–Crippen LogP) is 2.47. The number of nitrogens with zero attached hydrogens (tertiary/aromatic N) is 1. The van der Waals surface area contributed by atoms with Crippen molar-refractivity contribution in [1.29, 1.82) is 0 Å². The molecular formula is C14H25N3. The molecule has 3 heteroatoms. The van der Waals surface area contributed by atoms with E-state index in [-0.39, 0.29) is 0 Å². The minimum atomic E-state index is 1.08. The Morgan fingerprint density at radius 2 is 1.82 bits per heavy atom. The molecule has 0 saturated carbocycles. The number of hydrogen-bond acceptors (Lipinski definition) is 3. The van der Waals surface area contributed by atoms with Crippen molar-refractivity contribution >= 4 is 11.4 Å². The summed E-state index contributed by atoms with van der Waals surface area (Å²) in [6.45, 7) is 10.5. The fraction of sp³-hybridized carbons (Fsp3) is 0.571. The summed E-state index contributed by atoms with van der Waals surface area (Å²) in [5.74, 6) is 0. The first-order chi connectivity index (χ1) is 8.31. The van der Waals surface area contributed by atoms with Crippen molar-refractivity contribution in [1.82, 2.24) is 5.32 Å². The average Bonchev–Trinajstić information content (AvgIpc) is 2.42. The highest BCUT2D eigenvalue weighted by molar-refractivity contribution is 5.71. The highest BCUT2D eigenvalue weighted by Gasteiger charge is 2.13. The quantitative estimate of drug-likeness (QED) is 0.824. The molecule has 1 saturated heterocycles. The van der Waals surface area contributed by atoms with Gasteiger partial charge in [-0.25, -0.2) is 0 Å². The van der Waals surface area contributed by atoms with E-state index in [0.29, 0.717) is 0 Å². The van der Waals surface area contributed by atoms with E-state index in [1.54, 1.807) is 0 Å². The molecule has 1 aliphatic heterocycles. The third-order valence-electron chi connectivity index (χ3n) is 2.88. The van der Waals surface area contributed by atoms with E-state index in [1.807, 2.05) is 20.9 Å². The van der Waals surface area contributed by atoms with E-state index in [1.165, 1.54) is 16.9 Å². The summed E-state index contributed by atoms with van der Waals surface area (Å²) in [5.41, 5.74) is 3.86. The van der Waals surface area contributed by atoms with E-state index in [9.17, 15) is 0 Å². The first-order valence-corrected chi connectivity index (χ1v) is 6.55. The fourth-order valence-corrected chi connectivity index (χ4v) is 2.03. The molecule has 1 aliphatic rings. The van der Waals surface area contributed by atoms with Crippen LogP contribution in [0.15, 0.2) is 18.2 Å². The van der Waals surface area contributed by atoms with Crippen LogP contribution >= 0.6 is 0 Å². The summed E-state index contributed by atoms with van der Waals surface area (Å²) in [6.07, 6.45) is 0. The maximum absolute atomic E-state index is 3.37. The van der Waals surface area contributed by atoms with E-state index < -0.39 is 0 Å². The number of anilines is 2. The van der Waals surface area contributed by atoms with E-state index in [0.717, 1.165) is 26.2 Å². The lowest BCUT2D eigenvalue weighted by molar-refractivity contribution is 0.589. The fourth-order valence-electron chi connectivity index (χ4n) is 2.03. The van der Waals surface area contributed by atoms with Gasteiger partial charge in [0.25, 0.3) is 0 Å². The zero-order chi connectivity index (χ0) is 12.7. The number of nitrogens with one attached hydrogen (secondary N) is 2. The molecule has 17 heavy (non-hydrogen) atoms. The summed E-state index contributed by atoms with van der Waals surface area (Å²) in [7, 11) is 1.99. The Morgan fingerprint density at radius 3 is 2.41 bits per heavy atom. The van der Waals surface area contributed by atoms with Crippen molar-refractivity contribution in [2.45, 2.75) is 20.8 Å². The SMILES string of the molecule is CC.CNc1cc(C)ccc1N1CCNCC1. The molecule has 0 aliphatic carbocycles. The zero-order valence-corrected chi connectivity index (χ0v) is 11.5. The molecule has 1 heterocycles. The summed E-state index contributed by atoms with van der Waals surface area (Å²) in [6, 6.07) is 6.60. The summed E-state index contributed by atoms with van der Waals surface area (Å²) >= 11 is 0. The molecule has 1 aromatic carbocycles. The van der Waals surface area contributed by atoms with Crippen LogP contribution < -0.4 is 15.5 Å². The Balaban J connectivity index is 0.000000686. The van der Waals surface area contributed by atoms with Crippen LogP contribution in [0.25, 0.3) is 0 Å². The molecular weight excluding hydrogens is 210 g/mol. The van der Waals surface area contributed by atoms with Gasteiger partial charge >= 0.3 is 0 Å². The van der Waals surface area contributed by atoms with Crippen molar-refractivity contribution in [2.24, 2.45) is 0 Å². The predicted molar refractivity (Wildman–Crippen MR) is 77.2 cm³/mol. The molecule has 1 aromatic rings. The van der Waals surface area contributed by atoms with Gasteiger partial charge in [0.2, 0.25) is 0 Å². The van der Waals surface area contributed by atoms with Gasteiger partial charge in [-0.05, 0) is 24.6 Å². The second-order valence-electron chi connectivity index (χ2n) is 4.01. The molecule has 96 valence electrons.